The van der Waals surface area contributed by atoms with Gasteiger partial charge < -0.3 is 10.1 Å². The van der Waals surface area contributed by atoms with Gasteiger partial charge in [0, 0.05) is 18.8 Å². The second kappa shape index (κ2) is 6.00. The van der Waals surface area contributed by atoms with Gasteiger partial charge in [0.05, 0.1) is 11.5 Å². The predicted octanol–water partition coefficient (Wildman–Crippen LogP) is 1.17. The van der Waals surface area contributed by atoms with Crippen molar-refractivity contribution >= 4 is 15.7 Å². The Hall–Kier alpha value is -1.11. The Morgan fingerprint density at radius 3 is 2.71 bits per heavy atom. The molecule has 0 radical (unpaired) electrons. The van der Waals surface area contributed by atoms with E-state index in [0.29, 0.717) is 6.61 Å². The molecule has 0 saturated heterocycles. The summed E-state index contributed by atoms with van der Waals surface area (Å²) in [7, 11) is -2.02. The van der Waals surface area contributed by atoms with Crippen molar-refractivity contribution < 1.29 is 13.2 Å². The van der Waals surface area contributed by atoms with E-state index in [9.17, 15) is 8.42 Å². The molecule has 0 aliphatic rings. The highest BCUT2D eigenvalue weighted by Crippen LogP contribution is 2.15. The Kier molecular flexibility index (Phi) is 4.92. The Morgan fingerprint density at radius 2 is 2.18 bits per heavy atom. The van der Waals surface area contributed by atoms with Crippen molar-refractivity contribution in [3.8, 4) is 0 Å². The molecular formula is C11H18N2O3S. The first kappa shape index (κ1) is 14.0. The number of primary sulfonamides is 1. The SMILES string of the molecule is CCC(COC)Nc1cccc(S(N)(=O)=O)c1. The number of anilines is 1. The second-order valence-electron chi connectivity index (χ2n) is 3.78. The van der Waals surface area contributed by atoms with Crippen LogP contribution in [0.15, 0.2) is 29.2 Å². The zero-order valence-electron chi connectivity index (χ0n) is 10.0. The molecule has 3 N–H and O–H groups in total. The molecule has 0 bridgehead atoms. The second-order valence-corrected chi connectivity index (χ2v) is 5.34. The van der Waals surface area contributed by atoms with Gasteiger partial charge in [-0.2, -0.15) is 0 Å². The lowest BCUT2D eigenvalue weighted by Gasteiger charge is -2.17. The smallest absolute Gasteiger partial charge is 0.238 e. The molecule has 1 aromatic carbocycles. The van der Waals surface area contributed by atoms with Crippen molar-refractivity contribution in [3.05, 3.63) is 24.3 Å². The average Bonchev–Trinajstić information content (AvgIpc) is 2.28. The standard InChI is InChI=1S/C11H18N2O3S/c1-3-9(8-16-2)13-10-5-4-6-11(7-10)17(12,14)15/h4-7,9,13H,3,8H2,1-2H3,(H2,12,14,15). The number of hydrogen-bond acceptors (Lipinski definition) is 4. The highest BCUT2D eigenvalue weighted by atomic mass is 32.2. The molecule has 6 heteroatoms. The number of nitrogens with two attached hydrogens (primary N) is 1. The summed E-state index contributed by atoms with van der Waals surface area (Å²) in [5, 5.41) is 8.26. The zero-order valence-corrected chi connectivity index (χ0v) is 10.8. The van der Waals surface area contributed by atoms with E-state index in [2.05, 4.69) is 5.32 Å². The number of methoxy groups -OCH3 is 1. The molecule has 1 atom stereocenters. The van der Waals surface area contributed by atoms with E-state index < -0.39 is 10.0 Å². The van der Waals surface area contributed by atoms with Crippen LogP contribution >= 0.6 is 0 Å². The Bertz CT molecular complexity index is 460. The van der Waals surface area contributed by atoms with Crippen molar-refractivity contribution in [2.45, 2.75) is 24.3 Å². The number of rotatable bonds is 6. The van der Waals surface area contributed by atoms with E-state index >= 15 is 0 Å². The molecule has 0 aliphatic carbocycles. The number of sulfonamides is 1. The van der Waals surface area contributed by atoms with Gasteiger partial charge in [-0.15, -0.1) is 0 Å². The van der Waals surface area contributed by atoms with Crippen molar-refractivity contribution in [1.82, 2.24) is 0 Å². The molecule has 17 heavy (non-hydrogen) atoms. The molecule has 1 unspecified atom stereocenters. The number of hydrogen-bond donors (Lipinski definition) is 2. The van der Waals surface area contributed by atoms with Crippen LogP contribution in [-0.2, 0) is 14.8 Å². The Balaban J connectivity index is 2.85. The van der Waals surface area contributed by atoms with Crippen LogP contribution in [0, 0.1) is 0 Å². The maximum absolute atomic E-state index is 11.2. The minimum Gasteiger partial charge on any atom is -0.383 e. The van der Waals surface area contributed by atoms with Crippen LogP contribution in [0.4, 0.5) is 5.69 Å². The lowest BCUT2D eigenvalue weighted by molar-refractivity contribution is 0.184. The third-order valence-electron chi connectivity index (χ3n) is 2.39. The highest BCUT2D eigenvalue weighted by Gasteiger charge is 2.10. The van der Waals surface area contributed by atoms with Crippen LogP contribution in [0.1, 0.15) is 13.3 Å². The highest BCUT2D eigenvalue weighted by molar-refractivity contribution is 7.89. The number of nitrogens with one attached hydrogen (secondary N) is 1. The number of ether oxygens (including phenoxy) is 1. The fourth-order valence-electron chi connectivity index (χ4n) is 1.46. The van der Waals surface area contributed by atoms with Crippen LogP contribution < -0.4 is 10.5 Å². The van der Waals surface area contributed by atoms with E-state index in [0.717, 1.165) is 12.1 Å². The van der Waals surface area contributed by atoms with Crippen molar-refractivity contribution in [1.29, 1.82) is 0 Å². The molecule has 0 fully saturated rings. The quantitative estimate of drug-likeness (QED) is 0.802. The summed E-state index contributed by atoms with van der Waals surface area (Å²) < 4.78 is 27.4. The summed E-state index contributed by atoms with van der Waals surface area (Å²) >= 11 is 0. The summed E-state index contributed by atoms with van der Waals surface area (Å²) in [6, 6.07) is 6.59. The van der Waals surface area contributed by atoms with Gasteiger partial charge in [-0.25, -0.2) is 13.6 Å². The summed E-state index contributed by atoms with van der Waals surface area (Å²) in [5.41, 5.74) is 0.723. The van der Waals surface area contributed by atoms with Crippen molar-refractivity contribution in [2.24, 2.45) is 5.14 Å². The van der Waals surface area contributed by atoms with E-state index in [1.165, 1.54) is 12.1 Å². The van der Waals surface area contributed by atoms with Gasteiger partial charge in [0.1, 0.15) is 0 Å². The third kappa shape index (κ3) is 4.33. The Labute approximate surface area is 102 Å². The largest absolute Gasteiger partial charge is 0.383 e. The van der Waals surface area contributed by atoms with Crippen LogP contribution in [0.25, 0.3) is 0 Å². The monoisotopic (exact) mass is 258 g/mol. The maximum atomic E-state index is 11.2. The molecule has 0 amide bonds. The molecule has 0 aromatic heterocycles. The summed E-state index contributed by atoms with van der Waals surface area (Å²) in [6.45, 7) is 2.59. The molecular weight excluding hydrogens is 240 g/mol. The van der Waals surface area contributed by atoms with Gasteiger partial charge in [-0.05, 0) is 24.6 Å². The maximum Gasteiger partial charge on any atom is 0.238 e. The normalized spacial score (nSPS) is 13.4. The lowest BCUT2D eigenvalue weighted by Crippen LogP contribution is -2.24. The molecule has 0 spiro atoms. The van der Waals surface area contributed by atoms with Crippen molar-refractivity contribution in [2.75, 3.05) is 19.0 Å². The fourth-order valence-corrected chi connectivity index (χ4v) is 2.02. The lowest BCUT2D eigenvalue weighted by atomic mass is 10.2. The summed E-state index contributed by atoms with van der Waals surface area (Å²) in [5.74, 6) is 0. The van der Waals surface area contributed by atoms with Crippen LogP contribution in [0.3, 0.4) is 0 Å². The zero-order chi connectivity index (χ0) is 12.9. The van der Waals surface area contributed by atoms with Gasteiger partial charge in [0.25, 0.3) is 0 Å². The van der Waals surface area contributed by atoms with E-state index in [1.807, 2.05) is 6.92 Å². The first-order valence-electron chi connectivity index (χ1n) is 5.35. The summed E-state index contributed by atoms with van der Waals surface area (Å²) in [4.78, 5) is 0.106. The van der Waals surface area contributed by atoms with Gasteiger partial charge >= 0.3 is 0 Å². The van der Waals surface area contributed by atoms with Crippen LogP contribution in [-0.4, -0.2) is 28.2 Å². The molecule has 96 valence electrons. The van der Waals surface area contributed by atoms with Gasteiger partial charge in [0.2, 0.25) is 10.0 Å². The number of benzene rings is 1. The Morgan fingerprint density at radius 1 is 1.47 bits per heavy atom. The molecule has 5 nitrogen and oxygen atoms in total. The van der Waals surface area contributed by atoms with Crippen molar-refractivity contribution in [3.63, 3.8) is 0 Å². The molecule has 1 rings (SSSR count). The fraction of sp³-hybridized carbons (Fsp3) is 0.455. The van der Waals surface area contributed by atoms with Gasteiger partial charge in [-0.3, -0.25) is 0 Å². The molecule has 0 aliphatic heterocycles. The minimum absolute atomic E-state index is 0.106. The third-order valence-corrected chi connectivity index (χ3v) is 3.31. The molecule has 0 heterocycles. The predicted molar refractivity (Wildman–Crippen MR) is 67.4 cm³/mol. The van der Waals surface area contributed by atoms with E-state index in [4.69, 9.17) is 9.88 Å². The summed E-state index contributed by atoms with van der Waals surface area (Å²) in [6.07, 6.45) is 0.882. The topological polar surface area (TPSA) is 81.4 Å². The van der Waals surface area contributed by atoms with Gasteiger partial charge in [0.15, 0.2) is 0 Å². The molecule has 1 aromatic rings. The minimum atomic E-state index is -3.65. The first-order chi connectivity index (χ1) is 7.97. The van der Waals surface area contributed by atoms with Gasteiger partial charge in [-0.1, -0.05) is 13.0 Å². The van der Waals surface area contributed by atoms with E-state index in [-0.39, 0.29) is 10.9 Å². The molecule has 0 saturated carbocycles. The first-order valence-corrected chi connectivity index (χ1v) is 6.90. The van der Waals surface area contributed by atoms with E-state index in [1.54, 1.807) is 19.2 Å². The average molecular weight is 258 g/mol. The van der Waals surface area contributed by atoms with Crippen LogP contribution in [0.5, 0.6) is 0 Å². The van der Waals surface area contributed by atoms with Crippen LogP contribution in [0.2, 0.25) is 0 Å².